The minimum absolute atomic E-state index is 0.0375. The number of carbonyl (C=O) groups excluding carboxylic acids is 1. The van der Waals surface area contributed by atoms with Gasteiger partial charge in [0, 0.05) is 11.4 Å². The van der Waals surface area contributed by atoms with Gasteiger partial charge in [-0.3, -0.25) is 4.79 Å². The topological polar surface area (TPSA) is 75.3 Å². The summed E-state index contributed by atoms with van der Waals surface area (Å²) in [6.07, 6.45) is 0. The van der Waals surface area contributed by atoms with Crippen LogP contribution in [0.1, 0.15) is 12.5 Å². The summed E-state index contributed by atoms with van der Waals surface area (Å²) in [6, 6.07) is 13.8. The van der Waals surface area contributed by atoms with Gasteiger partial charge in [-0.25, -0.2) is 13.1 Å². The highest BCUT2D eigenvalue weighted by Gasteiger charge is 2.23. The van der Waals surface area contributed by atoms with Gasteiger partial charge in [0.15, 0.2) is 0 Å². The first kappa shape index (κ1) is 16.0. The van der Waals surface area contributed by atoms with Crippen LogP contribution in [0.2, 0.25) is 0 Å². The second-order valence-electron chi connectivity index (χ2n) is 5.22. The molecule has 1 unspecified atom stereocenters. The molecule has 1 aliphatic heterocycles. The molecule has 2 aromatic carbocycles. The van der Waals surface area contributed by atoms with E-state index < -0.39 is 10.0 Å². The number of sulfonamides is 1. The zero-order chi connectivity index (χ0) is 16.4. The fourth-order valence-corrected chi connectivity index (χ4v) is 4.20. The van der Waals surface area contributed by atoms with Crippen molar-refractivity contribution in [1.29, 1.82) is 0 Å². The summed E-state index contributed by atoms with van der Waals surface area (Å²) in [6.45, 7) is 2.02. The van der Waals surface area contributed by atoms with Gasteiger partial charge in [0.05, 0.1) is 15.8 Å². The Kier molecular flexibility index (Phi) is 4.43. The lowest BCUT2D eigenvalue weighted by molar-refractivity contribution is -0.115. The fraction of sp³-hybridized carbons (Fsp3) is 0.188. The second-order valence-corrected chi connectivity index (χ2v) is 8.37. The summed E-state index contributed by atoms with van der Waals surface area (Å²) in [4.78, 5) is 13.0. The first-order valence-electron chi connectivity index (χ1n) is 7.11. The number of nitrogens with one attached hydrogen (secondary N) is 2. The van der Waals surface area contributed by atoms with Gasteiger partial charge in [-0.05, 0) is 36.8 Å². The van der Waals surface area contributed by atoms with Crippen LogP contribution in [-0.2, 0) is 21.4 Å². The largest absolute Gasteiger partial charge is 0.324 e. The summed E-state index contributed by atoms with van der Waals surface area (Å²) in [5.41, 5.74) is 1.52. The summed E-state index contributed by atoms with van der Waals surface area (Å²) in [7, 11) is -3.54. The Morgan fingerprint density at radius 1 is 1.17 bits per heavy atom. The Bertz CT molecular complexity index is 836. The van der Waals surface area contributed by atoms with Crippen LogP contribution in [0.25, 0.3) is 0 Å². The number of benzene rings is 2. The minimum atomic E-state index is -3.54. The van der Waals surface area contributed by atoms with E-state index in [0.29, 0.717) is 0 Å². The van der Waals surface area contributed by atoms with Gasteiger partial charge >= 0.3 is 0 Å². The molecule has 120 valence electrons. The highest BCUT2D eigenvalue weighted by Crippen LogP contribution is 2.35. The summed E-state index contributed by atoms with van der Waals surface area (Å²) < 4.78 is 27.0. The molecule has 23 heavy (non-hydrogen) atoms. The Morgan fingerprint density at radius 2 is 1.91 bits per heavy atom. The van der Waals surface area contributed by atoms with Crippen molar-refractivity contribution < 1.29 is 13.2 Å². The molecule has 1 atom stereocenters. The van der Waals surface area contributed by atoms with E-state index in [9.17, 15) is 13.2 Å². The van der Waals surface area contributed by atoms with Crippen LogP contribution >= 0.6 is 11.8 Å². The molecule has 0 aromatic heterocycles. The highest BCUT2D eigenvalue weighted by atomic mass is 32.2. The van der Waals surface area contributed by atoms with Crippen molar-refractivity contribution in [3.8, 4) is 0 Å². The zero-order valence-corrected chi connectivity index (χ0v) is 14.1. The molecule has 0 spiro atoms. The summed E-state index contributed by atoms with van der Waals surface area (Å²) >= 11 is 1.50. The molecule has 5 nitrogen and oxygen atoms in total. The lowest BCUT2D eigenvalue weighted by Gasteiger charge is -2.22. The molecule has 0 saturated carbocycles. The maximum Gasteiger partial charge on any atom is 0.240 e. The standard InChI is InChI=1S/C16H16N2O3S2/c1-11-16(19)18-14-9-12(7-8-15(14)22-11)10-17-23(20,21)13-5-3-2-4-6-13/h2-9,11,17H,10H2,1H3,(H,18,19). The molecule has 2 N–H and O–H groups in total. The Hall–Kier alpha value is -1.83. The van der Waals surface area contributed by atoms with Crippen molar-refractivity contribution in [2.45, 2.75) is 28.5 Å². The molecule has 0 fully saturated rings. The molecule has 1 amide bonds. The third-order valence-electron chi connectivity index (χ3n) is 3.49. The summed E-state index contributed by atoms with van der Waals surface area (Å²) in [5.74, 6) is -0.0375. The van der Waals surface area contributed by atoms with Crippen LogP contribution < -0.4 is 10.0 Å². The van der Waals surface area contributed by atoms with Gasteiger partial charge in [0.25, 0.3) is 0 Å². The van der Waals surface area contributed by atoms with Crippen molar-refractivity contribution in [1.82, 2.24) is 4.72 Å². The van der Waals surface area contributed by atoms with Gasteiger partial charge in [0.2, 0.25) is 15.9 Å². The average Bonchev–Trinajstić information content (AvgIpc) is 2.55. The smallest absolute Gasteiger partial charge is 0.240 e. The third kappa shape index (κ3) is 3.57. The number of hydrogen-bond acceptors (Lipinski definition) is 4. The molecule has 0 saturated heterocycles. The van der Waals surface area contributed by atoms with E-state index in [1.165, 1.54) is 11.8 Å². The van der Waals surface area contributed by atoms with Crippen LogP contribution in [0.15, 0.2) is 58.3 Å². The van der Waals surface area contributed by atoms with E-state index in [4.69, 9.17) is 0 Å². The Morgan fingerprint density at radius 3 is 2.65 bits per heavy atom. The first-order valence-corrected chi connectivity index (χ1v) is 9.47. The van der Waals surface area contributed by atoms with Crippen LogP contribution in [0.3, 0.4) is 0 Å². The molecular weight excluding hydrogens is 332 g/mol. The van der Waals surface area contributed by atoms with Gasteiger partial charge in [0.1, 0.15) is 0 Å². The van der Waals surface area contributed by atoms with E-state index in [1.54, 1.807) is 36.4 Å². The van der Waals surface area contributed by atoms with Crippen molar-refractivity contribution in [2.24, 2.45) is 0 Å². The minimum Gasteiger partial charge on any atom is -0.324 e. The van der Waals surface area contributed by atoms with Crippen LogP contribution in [0.4, 0.5) is 5.69 Å². The number of anilines is 1. The fourth-order valence-electron chi connectivity index (χ4n) is 2.23. The molecule has 0 bridgehead atoms. The Labute approximate surface area is 139 Å². The van der Waals surface area contributed by atoms with E-state index >= 15 is 0 Å². The molecule has 7 heteroatoms. The normalized spacial score (nSPS) is 17.4. The van der Waals surface area contributed by atoms with Crippen LogP contribution in [-0.4, -0.2) is 19.6 Å². The zero-order valence-electron chi connectivity index (χ0n) is 12.4. The number of thioether (sulfide) groups is 1. The monoisotopic (exact) mass is 348 g/mol. The lowest BCUT2D eigenvalue weighted by Crippen LogP contribution is -2.27. The molecule has 0 radical (unpaired) electrons. The number of hydrogen-bond donors (Lipinski definition) is 2. The van der Waals surface area contributed by atoms with E-state index in [1.807, 2.05) is 19.1 Å². The number of carbonyl (C=O) groups is 1. The second kappa shape index (κ2) is 6.35. The van der Waals surface area contributed by atoms with E-state index in [2.05, 4.69) is 10.0 Å². The van der Waals surface area contributed by atoms with Gasteiger partial charge in [-0.15, -0.1) is 11.8 Å². The predicted octanol–water partition coefficient (Wildman–Crippen LogP) is 2.60. The van der Waals surface area contributed by atoms with Crippen molar-refractivity contribution in [3.05, 3.63) is 54.1 Å². The number of rotatable bonds is 4. The van der Waals surface area contributed by atoms with Crippen molar-refractivity contribution in [3.63, 3.8) is 0 Å². The molecule has 2 aromatic rings. The lowest BCUT2D eigenvalue weighted by atomic mass is 10.2. The van der Waals surface area contributed by atoms with Crippen LogP contribution in [0.5, 0.6) is 0 Å². The number of fused-ring (bicyclic) bond motifs is 1. The average molecular weight is 348 g/mol. The highest BCUT2D eigenvalue weighted by molar-refractivity contribution is 8.01. The number of amides is 1. The van der Waals surface area contributed by atoms with Crippen molar-refractivity contribution in [2.75, 3.05) is 5.32 Å². The predicted molar refractivity (Wildman–Crippen MR) is 90.9 cm³/mol. The quantitative estimate of drug-likeness (QED) is 0.890. The van der Waals surface area contributed by atoms with E-state index in [0.717, 1.165) is 16.1 Å². The van der Waals surface area contributed by atoms with Crippen molar-refractivity contribution >= 4 is 33.4 Å². The maximum atomic E-state index is 12.2. The van der Waals surface area contributed by atoms with Gasteiger partial charge in [-0.1, -0.05) is 24.3 Å². The SMILES string of the molecule is CC1Sc2ccc(CNS(=O)(=O)c3ccccc3)cc2NC1=O. The molecule has 1 heterocycles. The third-order valence-corrected chi connectivity index (χ3v) is 6.09. The van der Waals surface area contributed by atoms with E-state index in [-0.39, 0.29) is 22.6 Å². The molecule has 1 aliphatic rings. The Balaban J connectivity index is 1.75. The molecular formula is C16H16N2O3S2. The maximum absolute atomic E-state index is 12.2. The summed E-state index contributed by atoms with van der Waals surface area (Å²) in [5, 5.41) is 2.72. The first-order chi connectivity index (χ1) is 11.0. The van der Waals surface area contributed by atoms with Crippen LogP contribution in [0, 0.1) is 0 Å². The molecule has 3 rings (SSSR count). The van der Waals surface area contributed by atoms with Gasteiger partial charge in [-0.2, -0.15) is 0 Å². The molecule has 0 aliphatic carbocycles. The van der Waals surface area contributed by atoms with Gasteiger partial charge < -0.3 is 5.32 Å².